The molecular weight excluding hydrogens is 533 g/mol. The largest absolute Gasteiger partial charge is 0.489 e. The van der Waals surface area contributed by atoms with E-state index in [1.165, 1.54) is 12.4 Å². The van der Waals surface area contributed by atoms with Crippen LogP contribution in [0, 0.1) is 28.1 Å². The Morgan fingerprint density at radius 2 is 1.68 bits per heavy atom. The second-order valence-electron chi connectivity index (χ2n) is 10.6. The van der Waals surface area contributed by atoms with Gasteiger partial charge in [-0.25, -0.2) is 9.97 Å². The molecule has 0 radical (unpaired) electrons. The molecule has 1 aliphatic heterocycles. The molecule has 1 aliphatic carbocycles. The average molecular weight is 576 g/mol. The highest BCUT2D eigenvalue weighted by Gasteiger charge is 2.54. The van der Waals surface area contributed by atoms with Crippen LogP contribution >= 0.6 is 11.6 Å². The molecule has 220 valence electrons. The summed E-state index contributed by atoms with van der Waals surface area (Å²) in [6, 6.07) is 7.29. The zero-order valence-electron chi connectivity index (χ0n) is 24.9. The van der Waals surface area contributed by atoms with Crippen molar-refractivity contribution in [3.8, 4) is 11.8 Å². The Kier molecular flexibility index (Phi) is 14.0. The van der Waals surface area contributed by atoms with Gasteiger partial charge in [0.2, 0.25) is 5.82 Å². The Bertz CT molecular complexity index is 1110. The van der Waals surface area contributed by atoms with Gasteiger partial charge >= 0.3 is 5.91 Å². The first-order valence-electron chi connectivity index (χ1n) is 13.8. The Morgan fingerprint density at radius 3 is 2.10 bits per heavy atom. The topological polar surface area (TPSA) is 108 Å². The van der Waals surface area contributed by atoms with Crippen LogP contribution in [0.25, 0.3) is 0 Å². The lowest BCUT2D eigenvalue weighted by molar-refractivity contribution is -0.133. The summed E-state index contributed by atoms with van der Waals surface area (Å²) in [5, 5.41) is 9.29. The number of rotatable bonds is 5. The fraction of sp³-hybridized carbons (Fsp3) is 0.567. The molecule has 40 heavy (non-hydrogen) atoms. The van der Waals surface area contributed by atoms with Gasteiger partial charge in [0, 0.05) is 35.9 Å². The standard InChI is InChI=1S/C15H18ClNO.C11H13FN4O2.2C2H6/c1-14(2)9-15(3,4)13(14)18-11-6-5-10(8-17)12(16)7-11;12-15-11(18)10-13-5-9(6-14-10)16-3-1-8(7-17)2-4-16;2*1-2/h5-7,13H,9H2,1-4H3;5-8H,1-4H2,(H,15,18);2*1-2H3. The number of anilines is 1. The molecule has 10 heteroatoms. The van der Waals surface area contributed by atoms with Crippen molar-refractivity contribution in [1.82, 2.24) is 15.5 Å². The molecule has 1 amide bonds. The minimum absolute atomic E-state index is 0.124. The van der Waals surface area contributed by atoms with E-state index in [1.807, 2.05) is 44.7 Å². The van der Waals surface area contributed by atoms with Gasteiger partial charge in [-0.2, -0.15) is 10.8 Å². The van der Waals surface area contributed by atoms with Gasteiger partial charge < -0.3 is 14.4 Å². The molecule has 2 heterocycles. The molecule has 1 saturated carbocycles. The number of carbonyl (C=O) groups is 2. The summed E-state index contributed by atoms with van der Waals surface area (Å²) < 4.78 is 18.0. The first kappa shape index (κ1) is 34.8. The third kappa shape index (κ3) is 9.16. The third-order valence-electron chi connectivity index (χ3n) is 6.67. The van der Waals surface area contributed by atoms with Gasteiger partial charge in [0.15, 0.2) is 0 Å². The van der Waals surface area contributed by atoms with Gasteiger partial charge in [-0.05, 0) is 31.4 Å². The van der Waals surface area contributed by atoms with Gasteiger partial charge in [0.1, 0.15) is 24.2 Å². The predicted octanol–water partition coefficient (Wildman–Crippen LogP) is 6.97. The van der Waals surface area contributed by atoms with E-state index in [4.69, 9.17) is 21.6 Å². The summed E-state index contributed by atoms with van der Waals surface area (Å²) in [5.74, 6) is -0.297. The lowest BCUT2D eigenvalue weighted by atomic mass is 9.53. The number of nitrogens with one attached hydrogen (secondary N) is 1. The highest BCUT2D eigenvalue weighted by Crippen LogP contribution is 2.55. The van der Waals surface area contributed by atoms with Crippen LogP contribution < -0.4 is 15.2 Å². The Labute approximate surface area is 243 Å². The summed E-state index contributed by atoms with van der Waals surface area (Å²) in [6.45, 7) is 18.4. The lowest BCUT2D eigenvalue weighted by Crippen LogP contribution is -2.58. The van der Waals surface area contributed by atoms with Crippen molar-refractivity contribution in [3.05, 3.63) is 47.0 Å². The molecule has 1 saturated heterocycles. The summed E-state index contributed by atoms with van der Waals surface area (Å²) in [5.41, 5.74) is 2.60. The first-order valence-corrected chi connectivity index (χ1v) is 14.2. The second-order valence-corrected chi connectivity index (χ2v) is 11.0. The van der Waals surface area contributed by atoms with Gasteiger partial charge in [0.05, 0.1) is 28.7 Å². The van der Waals surface area contributed by atoms with E-state index in [0.717, 1.165) is 55.6 Å². The maximum absolute atomic E-state index is 11.9. The maximum atomic E-state index is 11.9. The second kappa shape index (κ2) is 16.1. The minimum atomic E-state index is -0.957. The van der Waals surface area contributed by atoms with E-state index in [-0.39, 0.29) is 28.7 Å². The normalized spacial score (nSPS) is 17.1. The number of hydrogen-bond acceptors (Lipinski definition) is 7. The van der Waals surface area contributed by atoms with Crippen molar-refractivity contribution < 1.29 is 18.8 Å². The highest BCUT2D eigenvalue weighted by atomic mass is 35.5. The monoisotopic (exact) mass is 575 g/mol. The SMILES string of the molecule is CC.CC.CC1(C)CC(C)(C)C1Oc1ccc(C#N)c(Cl)c1.O=CC1CCN(c2cnc(C(=O)NF)nc2)CC1. The van der Waals surface area contributed by atoms with Crippen molar-refractivity contribution in [3.63, 3.8) is 0 Å². The van der Waals surface area contributed by atoms with Crippen LogP contribution in [0.4, 0.5) is 10.2 Å². The number of halogens is 2. The number of nitrogens with zero attached hydrogens (tertiary/aromatic N) is 4. The number of nitriles is 1. The van der Waals surface area contributed by atoms with Crippen LogP contribution in [0.15, 0.2) is 30.6 Å². The number of amides is 1. The molecule has 8 nitrogen and oxygen atoms in total. The maximum Gasteiger partial charge on any atom is 0.316 e. The molecule has 0 bridgehead atoms. The molecule has 0 unspecified atom stereocenters. The van der Waals surface area contributed by atoms with E-state index in [9.17, 15) is 14.1 Å². The molecule has 0 spiro atoms. The number of carbonyl (C=O) groups excluding carboxylic acids is 2. The molecule has 2 aromatic rings. The van der Waals surface area contributed by atoms with E-state index < -0.39 is 5.91 Å². The van der Waals surface area contributed by atoms with Gasteiger partial charge in [-0.1, -0.05) is 71.5 Å². The van der Waals surface area contributed by atoms with Crippen LogP contribution in [0.3, 0.4) is 0 Å². The number of piperidine rings is 1. The number of aldehydes is 1. The van der Waals surface area contributed by atoms with Crippen molar-refractivity contribution in [2.24, 2.45) is 16.7 Å². The molecule has 1 aromatic heterocycles. The molecule has 0 atom stereocenters. The lowest BCUT2D eigenvalue weighted by Gasteiger charge is -2.56. The smallest absolute Gasteiger partial charge is 0.316 e. The van der Waals surface area contributed by atoms with Gasteiger partial charge in [0.25, 0.3) is 0 Å². The summed E-state index contributed by atoms with van der Waals surface area (Å²) in [7, 11) is 0. The number of ether oxygens (including phenoxy) is 1. The quantitative estimate of drug-likeness (QED) is 0.303. The Morgan fingerprint density at radius 1 is 1.12 bits per heavy atom. The van der Waals surface area contributed by atoms with Crippen molar-refractivity contribution in [2.75, 3.05) is 18.0 Å². The first-order chi connectivity index (χ1) is 19.0. The molecular formula is C30H43ClFN5O3. The van der Waals surface area contributed by atoms with Crippen LogP contribution in [-0.2, 0) is 4.79 Å². The predicted molar refractivity (Wildman–Crippen MR) is 157 cm³/mol. The van der Waals surface area contributed by atoms with Gasteiger partial charge in [-0.15, -0.1) is 0 Å². The van der Waals surface area contributed by atoms with Crippen molar-refractivity contribution in [1.29, 1.82) is 5.26 Å². The Balaban J connectivity index is 0.000000356. The highest BCUT2D eigenvalue weighted by molar-refractivity contribution is 6.31. The molecule has 1 aromatic carbocycles. The van der Waals surface area contributed by atoms with Crippen molar-refractivity contribution >= 4 is 29.5 Å². The van der Waals surface area contributed by atoms with Gasteiger partial charge in [-0.3, -0.25) is 4.79 Å². The molecule has 2 fully saturated rings. The van der Waals surface area contributed by atoms with E-state index in [2.05, 4.69) is 37.7 Å². The summed E-state index contributed by atoms with van der Waals surface area (Å²) in [6.07, 6.45) is 6.88. The van der Waals surface area contributed by atoms with Crippen LogP contribution in [0.5, 0.6) is 5.75 Å². The Hall–Kier alpha value is -3.25. The zero-order valence-corrected chi connectivity index (χ0v) is 25.7. The number of hydrogen-bond donors (Lipinski definition) is 1. The third-order valence-corrected chi connectivity index (χ3v) is 6.98. The molecule has 2 aliphatic rings. The van der Waals surface area contributed by atoms with E-state index in [1.54, 1.807) is 12.1 Å². The van der Waals surface area contributed by atoms with Crippen LogP contribution in [-0.4, -0.2) is 41.4 Å². The van der Waals surface area contributed by atoms with Crippen molar-refractivity contribution in [2.45, 2.75) is 80.8 Å². The van der Waals surface area contributed by atoms with Crippen LogP contribution in [0.1, 0.15) is 90.8 Å². The fourth-order valence-electron chi connectivity index (χ4n) is 5.34. The van der Waals surface area contributed by atoms with E-state index in [0.29, 0.717) is 10.6 Å². The number of aromatic nitrogens is 2. The van der Waals surface area contributed by atoms with Crippen LogP contribution in [0.2, 0.25) is 5.02 Å². The number of benzene rings is 1. The zero-order chi connectivity index (χ0) is 30.5. The fourth-order valence-corrected chi connectivity index (χ4v) is 5.55. The average Bonchev–Trinajstić information content (AvgIpc) is 2.97. The minimum Gasteiger partial charge on any atom is -0.489 e. The summed E-state index contributed by atoms with van der Waals surface area (Å²) in [4.78, 5) is 31.2. The summed E-state index contributed by atoms with van der Waals surface area (Å²) >= 11 is 6.01. The van der Waals surface area contributed by atoms with E-state index >= 15 is 0 Å². The molecule has 1 N–H and O–H groups in total. The molecule has 4 rings (SSSR count).